The molecule has 1 aliphatic rings. The van der Waals surface area contributed by atoms with Gasteiger partial charge in [0.15, 0.2) is 0 Å². The predicted molar refractivity (Wildman–Crippen MR) is 284 cm³/mol. The van der Waals surface area contributed by atoms with Crippen molar-refractivity contribution in [3.05, 3.63) is 200 Å². The van der Waals surface area contributed by atoms with Crippen LogP contribution in [0, 0.1) is 0 Å². The minimum Gasteiger partial charge on any atom is -0.505 e. The molecule has 0 spiro atoms. The van der Waals surface area contributed by atoms with Crippen molar-refractivity contribution in [2.24, 2.45) is 27.5 Å². The summed E-state index contributed by atoms with van der Waals surface area (Å²) in [5.74, 6) is 0.334. The van der Waals surface area contributed by atoms with Gasteiger partial charge in [0.1, 0.15) is 11.4 Å². The molecule has 3 N–H and O–H groups in total. The number of phenolic OH excluding ortho intramolecular Hbond substituents is 1. The van der Waals surface area contributed by atoms with Crippen LogP contribution in [0.3, 0.4) is 0 Å². The second-order valence-corrected chi connectivity index (χ2v) is 17.9. The number of aryl methyl sites for hydroxylation is 2. The zero-order valence-corrected chi connectivity index (χ0v) is 41.3. The van der Waals surface area contributed by atoms with Gasteiger partial charge in [0.05, 0.1) is 31.7 Å². The zero-order valence-electron chi connectivity index (χ0n) is 41.3. The Morgan fingerprint density at radius 1 is 0.616 bits per heavy atom. The number of nitrogens with zero attached hydrogens (tertiary/aromatic N) is 12. The maximum absolute atomic E-state index is 13.4. The number of anilines is 4. The first-order valence-electron chi connectivity index (χ1n) is 24.1. The molecule has 5 aromatic carbocycles. The average molecular weight is 976 g/mol. The molecule has 17 heteroatoms. The van der Waals surface area contributed by atoms with Crippen molar-refractivity contribution < 1.29 is 19.3 Å². The molecule has 3 aromatic heterocycles. The Labute approximate surface area is 424 Å². The molecule has 1 aliphatic heterocycles. The lowest BCUT2D eigenvalue weighted by atomic mass is 10.1. The van der Waals surface area contributed by atoms with Crippen molar-refractivity contribution in [2.45, 2.75) is 25.7 Å². The van der Waals surface area contributed by atoms with Crippen molar-refractivity contribution in [3.8, 4) is 17.1 Å². The fourth-order valence-electron chi connectivity index (χ4n) is 8.40. The van der Waals surface area contributed by atoms with Gasteiger partial charge < -0.3 is 44.5 Å². The zero-order chi connectivity index (χ0) is 50.7. The average Bonchev–Trinajstić information content (AvgIpc) is 4.27. The third kappa shape index (κ3) is 12.2. The van der Waals surface area contributed by atoms with Gasteiger partial charge in [-0.3, -0.25) is 9.59 Å². The lowest BCUT2D eigenvalue weighted by Gasteiger charge is -2.26. The van der Waals surface area contributed by atoms with E-state index in [4.69, 9.17) is 0 Å². The van der Waals surface area contributed by atoms with Crippen molar-refractivity contribution in [1.82, 2.24) is 33.3 Å². The number of aromatic nitrogens is 4. The van der Waals surface area contributed by atoms with Crippen LogP contribution in [0.2, 0.25) is 0 Å². The van der Waals surface area contributed by atoms with E-state index in [1.54, 1.807) is 60.3 Å². The summed E-state index contributed by atoms with van der Waals surface area (Å²) in [6, 6.07) is 44.1. The number of benzene rings is 5. The Morgan fingerprint density at radius 2 is 1.12 bits per heavy atom. The molecule has 73 heavy (non-hydrogen) atoms. The summed E-state index contributed by atoms with van der Waals surface area (Å²) in [5.41, 5.74) is 7.80. The lowest BCUT2D eigenvalue weighted by molar-refractivity contribution is -0.657. The highest BCUT2D eigenvalue weighted by Crippen LogP contribution is 2.32. The van der Waals surface area contributed by atoms with Gasteiger partial charge in [-0.1, -0.05) is 5.11 Å². The molecule has 0 fully saturated rings. The van der Waals surface area contributed by atoms with Crippen LogP contribution in [0.15, 0.2) is 210 Å². The predicted octanol–water partition coefficient (Wildman–Crippen LogP) is 10.9. The number of hydrogen-bond acceptors (Lipinski definition) is 11. The van der Waals surface area contributed by atoms with E-state index in [2.05, 4.69) is 64.8 Å². The van der Waals surface area contributed by atoms with Crippen LogP contribution < -0.4 is 15.2 Å². The first-order chi connectivity index (χ1) is 35.5. The minimum absolute atomic E-state index is 0.00344. The number of carbonyl (C=O) groups is 2. The summed E-state index contributed by atoms with van der Waals surface area (Å²) >= 11 is 0. The molecule has 1 atom stereocenters. The third-order valence-electron chi connectivity index (χ3n) is 12.6. The molecule has 0 aliphatic carbocycles. The topological polar surface area (TPSA) is 159 Å². The number of imidazole rings is 1. The highest BCUT2D eigenvalue weighted by molar-refractivity contribution is 5.97. The van der Waals surface area contributed by atoms with Gasteiger partial charge in [0.25, 0.3) is 11.8 Å². The number of azo groups is 2. The van der Waals surface area contributed by atoms with Crippen LogP contribution in [0.5, 0.6) is 5.75 Å². The minimum atomic E-state index is -0.298. The maximum Gasteiger partial charge on any atom is 0.421 e. The molecular formula is C56H59N14O3+. The van der Waals surface area contributed by atoms with Crippen molar-refractivity contribution in [1.29, 1.82) is 0 Å². The van der Waals surface area contributed by atoms with Crippen LogP contribution >= 0.6 is 0 Å². The molecule has 8 aromatic rings. The Balaban J connectivity index is 0.698. The van der Waals surface area contributed by atoms with Crippen molar-refractivity contribution >= 4 is 51.9 Å². The summed E-state index contributed by atoms with van der Waals surface area (Å²) in [4.78, 5) is 34.3. The smallest absolute Gasteiger partial charge is 0.421 e. The fourth-order valence-corrected chi connectivity index (χ4v) is 8.40. The summed E-state index contributed by atoms with van der Waals surface area (Å²) in [7, 11) is 7.41. The standard InChI is InChI=1S/C56H58N14O3/c1-63(29-9-35-69-39-37-65(3)55(69)61-59-47-17-15-44(16-18-47)57-45-19-24-49(25-20-45)67-31-5-6-32-67)53(72)42-11-13-43(14-12-42)54(73)64(2)30-10-36-70-40-38-66(4)56(70)62-60-51-28-23-48(41-52(51)71)58-46-21-26-50(27-22-46)68-33-7-8-34-68/h5-8,11-28,31-34,37-41,55H,9-10,29-30,35-36H2,1-4H3,(H2,57,58,61,71)/p+1. The van der Waals surface area contributed by atoms with Crippen LogP contribution in [0.1, 0.15) is 33.6 Å². The Morgan fingerprint density at radius 3 is 1.67 bits per heavy atom. The van der Waals surface area contributed by atoms with E-state index in [1.807, 2.05) is 161 Å². The van der Waals surface area contributed by atoms with E-state index < -0.39 is 0 Å². The second-order valence-electron chi connectivity index (χ2n) is 17.9. The van der Waals surface area contributed by atoms with E-state index in [9.17, 15) is 14.7 Å². The van der Waals surface area contributed by atoms with Gasteiger partial charge in [-0.15, -0.1) is 5.11 Å². The molecule has 0 bridgehead atoms. The largest absolute Gasteiger partial charge is 0.505 e. The molecule has 0 saturated heterocycles. The molecule has 2 amide bonds. The van der Waals surface area contributed by atoms with E-state index in [0.29, 0.717) is 61.8 Å². The van der Waals surface area contributed by atoms with Gasteiger partial charge in [-0.25, -0.2) is 9.13 Å². The summed E-state index contributed by atoms with van der Waals surface area (Å²) in [6.45, 7) is 2.28. The molecular weight excluding hydrogens is 917 g/mol. The summed E-state index contributed by atoms with van der Waals surface area (Å²) in [6.07, 6.45) is 16.9. The van der Waals surface area contributed by atoms with Crippen molar-refractivity contribution in [2.75, 3.05) is 51.4 Å². The second kappa shape index (κ2) is 22.7. The maximum atomic E-state index is 13.4. The normalized spacial score (nSPS) is 13.3. The van der Waals surface area contributed by atoms with E-state index in [-0.39, 0.29) is 23.9 Å². The molecule has 0 saturated carbocycles. The molecule has 17 nitrogen and oxygen atoms in total. The fraction of sp³-hybridized carbons (Fsp3) is 0.196. The number of hydrogen-bond donors (Lipinski definition) is 3. The van der Waals surface area contributed by atoms with Gasteiger partial charge in [0.2, 0.25) is 6.29 Å². The first-order valence-corrected chi connectivity index (χ1v) is 24.1. The van der Waals surface area contributed by atoms with Gasteiger partial charge in [-0.05, 0) is 146 Å². The first kappa shape index (κ1) is 48.8. The van der Waals surface area contributed by atoms with Crippen molar-refractivity contribution in [3.63, 3.8) is 0 Å². The summed E-state index contributed by atoms with van der Waals surface area (Å²) < 4.78 is 7.91. The van der Waals surface area contributed by atoms with E-state index in [1.165, 1.54) is 0 Å². The van der Waals surface area contributed by atoms with Gasteiger partial charge in [0, 0.05) is 134 Å². The van der Waals surface area contributed by atoms with Crippen LogP contribution in [-0.4, -0.2) is 97.3 Å². The van der Waals surface area contributed by atoms with Crippen LogP contribution in [-0.2, 0) is 13.6 Å². The van der Waals surface area contributed by atoms with Crippen LogP contribution in [0.4, 0.5) is 40.1 Å². The molecule has 370 valence electrons. The Hall–Kier alpha value is -9.25. The molecule has 0 radical (unpaired) electrons. The van der Waals surface area contributed by atoms with Gasteiger partial charge >= 0.3 is 5.95 Å². The number of nitrogens with one attached hydrogen (secondary N) is 2. The number of amides is 2. The third-order valence-corrected chi connectivity index (χ3v) is 12.6. The molecule has 4 heterocycles. The molecule has 9 rings (SSSR count). The van der Waals surface area contributed by atoms with Gasteiger partial charge in [-0.2, -0.15) is 5.11 Å². The quantitative estimate of drug-likeness (QED) is 0.0506. The molecule has 1 unspecified atom stereocenters. The Kier molecular flexibility index (Phi) is 15.1. The number of phenols is 1. The van der Waals surface area contributed by atoms with Crippen LogP contribution in [0.25, 0.3) is 11.4 Å². The highest BCUT2D eigenvalue weighted by Gasteiger charge is 2.24. The number of rotatable bonds is 20. The highest BCUT2D eigenvalue weighted by atomic mass is 16.3. The van der Waals surface area contributed by atoms with E-state index >= 15 is 0 Å². The summed E-state index contributed by atoms with van der Waals surface area (Å²) in [5, 5.41) is 35.6. The number of carbonyl (C=O) groups excluding carboxylic acids is 2. The Bertz CT molecular complexity index is 3180. The SMILES string of the molecule is CN(CCCN1C=CN(C)C1N=Nc1ccc(Nc2ccc(-n3cccc3)cc2)cc1)C(=O)c1ccc(C(=O)N(C)CCCn2cc[n+](C)c2N=Nc2ccc(Nc3ccc(-n4cccc4)cc3)cc2O)cc1. The number of aromatic hydroxyl groups is 1. The monoisotopic (exact) mass is 975 g/mol. The van der Waals surface area contributed by atoms with E-state index in [0.717, 1.165) is 39.8 Å². The lowest BCUT2D eigenvalue weighted by Crippen LogP contribution is -2.36.